The van der Waals surface area contributed by atoms with E-state index >= 15 is 0 Å². The first-order valence-corrected chi connectivity index (χ1v) is 11.5. The zero-order valence-electron chi connectivity index (χ0n) is 18.1. The van der Waals surface area contributed by atoms with Crippen molar-refractivity contribution in [3.05, 3.63) is 59.9 Å². The Morgan fingerprint density at radius 2 is 1.81 bits per heavy atom. The van der Waals surface area contributed by atoms with Gasteiger partial charge in [0.25, 0.3) is 0 Å². The van der Waals surface area contributed by atoms with Crippen molar-refractivity contribution >= 4 is 11.9 Å². The maximum absolute atomic E-state index is 13.2. The molecule has 3 atom stereocenters. The second-order valence-electron chi connectivity index (χ2n) is 8.90. The van der Waals surface area contributed by atoms with E-state index in [1.54, 1.807) is 6.20 Å². The monoisotopic (exact) mass is 435 g/mol. The van der Waals surface area contributed by atoms with Crippen LogP contribution in [-0.2, 0) is 9.53 Å². The van der Waals surface area contributed by atoms with Crippen LogP contribution < -0.4 is 5.32 Å². The molecule has 5 rings (SSSR count). The minimum absolute atomic E-state index is 0.0149. The Hall–Kier alpha value is -3.00. The van der Waals surface area contributed by atoms with Gasteiger partial charge in [0.2, 0.25) is 5.91 Å². The van der Waals surface area contributed by atoms with Crippen LogP contribution in [0.5, 0.6) is 0 Å². The summed E-state index contributed by atoms with van der Waals surface area (Å²) in [4.78, 5) is 28.7. The number of morpholine rings is 1. The standard InChI is InChI=1S/C24H29N5O3/c30-22-16-32-21-10-14-29(15-20(21)26-22)24(31)28-12-8-18(9-13-28)23(17-5-2-1-3-6-17)19-7-4-11-25-27-19/h1-7,11,18,20-21,23H,8-10,12-16H2,(H,26,30)/t20-,21+,23?/m1/s1. The fourth-order valence-corrected chi connectivity index (χ4v) is 5.32. The second-order valence-corrected chi connectivity index (χ2v) is 8.90. The molecule has 3 aliphatic rings. The molecule has 1 unspecified atom stereocenters. The molecule has 0 aliphatic carbocycles. The first-order chi connectivity index (χ1) is 15.7. The minimum atomic E-state index is -0.106. The summed E-state index contributed by atoms with van der Waals surface area (Å²) in [5.41, 5.74) is 2.23. The van der Waals surface area contributed by atoms with Gasteiger partial charge in [0, 0.05) is 38.3 Å². The summed E-state index contributed by atoms with van der Waals surface area (Å²) in [7, 11) is 0. The Bertz CT molecular complexity index is 894. The molecule has 4 heterocycles. The van der Waals surface area contributed by atoms with Crippen LogP contribution in [0.15, 0.2) is 48.7 Å². The topological polar surface area (TPSA) is 87.7 Å². The van der Waals surface area contributed by atoms with E-state index in [-0.39, 0.29) is 36.6 Å². The molecule has 2 aromatic rings. The summed E-state index contributed by atoms with van der Waals surface area (Å²) in [5, 5.41) is 11.5. The van der Waals surface area contributed by atoms with Crippen molar-refractivity contribution in [3.8, 4) is 0 Å². The van der Waals surface area contributed by atoms with Gasteiger partial charge in [0.1, 0.15) is 6.61 Å². The zero-order chi connectivity index (χ0) is 21.9. The maximum Gasteiger partial charge on any atom is 0.320 e. The molecular formula is C24H29N5O3. The average molecular weight is 436 g/mol. The lowest BCUT2D eigenvalue weighted by molar-refractivity contribution is -0.139. The van der Waals surface area contributed by atoms with Gasteiger partial charge in [-0.25, -0.2) is 4.79 Å². The number of aromatic nitrogens is 2. The molecule has 1 aromatic heterocycles. The van der Waals surface area contributed by atoms with Crippen molar-refractivity contribution < 1.29 is 14.3 Å². The molecule has 3 fully saturated rings. The lowest BCUT2D eigenvalue weighted by atomic mass is 9.78. The molecule has 1 aromatic carbocycles. The van der Waals surface area contributed by atoms with Crippen LogP contribution in [0.1, 0.15) is 36.4 Å². The minimum Gasteiger partial charge on any atom is -0.366 e. The van der Waals surface area contributed by atoms with E-state index in [2.05, 4.69) is 39.8 Å². The van der Waals surface area contributed by atoms with Gasteiger partial charge in [-0.05, 0) is 42.9 Å². The van der Waals surface area contributed by atoms with Crippen LogP contribution in [0.25, 0.3) is 0 Å². The Morgan fingerprint density at radius 1 is 1.03 bits per heavy atom. The summed E-state index contributed by atoms with van der Waals surface area (Å²) >= 11 is 0. The summed E-state index contributed by atoms with van der Waals surface area (Å²) in [5.74, 6) is 0.472. The molecule has 168 valence electrons. The van der Waals surface area contributed by atoms with Crippen LogP contribution >= 0.6 is 0 Å². The quantitative estimate of drug-likeness (QED) is 0.797. The first kappa shape index (κ1) is 20.9. The van der Waals surface area contributed by atoms with Gasteiger partial charge in [0.05, 0.1) is 17.8 Å². The Balaban J connectivity index is 1.24. The van der Waals surface area contributed by atoms with Gasteiger partial charge in [-0.3, -0.25) is 4.79 Å². The van der Waals surface area contributed by atoms with Crippen molar-refractivity contribution in [3.63, 3.8) is 0 Å². The Kier molecular flexibility index (Phi) is 6.03. The van der Waals surface area contributed by atoms with Crippen molar-refractivity contribution in [1.82, 2.24) is 25.3 Å². The first-order valence-electron chi connectivity index (χ1n) is 11.5. The third-order valence-corrected chi connectivity index (χ3v) is 6.95. The molecule has 0 radical (unpaired) electrons. The van der Waals surface area contributed by atoms with Crippen molar-refractivity contribution in [2.75, 3.05) is 32.8 Å². The molecule has 3 saturated heterocycles. The van der Waals surface area contributed by atoms with Crippen LogP contribution in [0, 0.1) is 5.92 Å². The molecule has 32 heavy (non-hydrogen) atoms. The number of likely N-dealkylation sites (tertiary alicyclic amines) is 2. The van der Waals surface area contributed by atoms with Gasteiger partial charge >= 0.3 is 6.03 Å². The number of carbonyl (C=O) groups excluding carboxylic acids is 2. The molecule has 0 saturated carbocycles. The molecular weight excluding hydrogens is 406 g/mol. The maximum atomic E-state index is 13.2. The smallest absolute Gasteiger partial charge is 0.320 e. The lowest BCUT2D eigenvalue weighted by Gasteiger charge is -2.44. The third-order valence-electron chi connectivity index (χ3n) is 6.95. The van der Waals surface area contributed by atoms with Gasteiger partial charge in [-0.1, -0.05) is 30.3 Å². The molecule has 8 heteroatoms. The highest BCUT2D eigenvalue weighted by molar-refractivity contribution is 5.79. The van der Waals surface area contributed by atoms with Gasteiger partial charge < -0.3 is 19.9 Å². The van der Waals surface area contributed by atoms with Crippen LogP contribution in [0.2, 0.25) is 0 Å². The number of hydrogen-bond acceptors (Lipinski definition) is 5. The van der Waals surface area contributed by atoms with Gasteiger partial charge in [-0.2, -0.15) is 10.2 Å². The summed E-state index contributed by atoms with van der Waals surface area (Å²) in [6.07, 6.45) is 4.32. The van der Waals surface area contributed by atoms with E-state index in [0.29, 0.717) is 19.0 Å². The highest BCUT2D eigenvalue weighted by Crippen LogP contribution is 2.37. The lowest BCUT2D eigenvalue weighted by Crippen LogP contribution is -2.62. The number of hydrogen-bond donors (Lipinski definition) is 1. The van der Waals surface area contributed by atoms with Gasteiger partial charge in [-0.15, -0.1) is 0 Å². The van der Waals surface area contributed by atoms with Crippen LogP contribution in [-0.4, -0.2) is 76.9 Å². The molecule has 1 N–H and O–H groups in total. The molecule has 3 amide bonds. The second kappa shape index (κ2) is 9.24. The summed E-state index contributed by atoms with van der Waals surface area (Å²) < 4.78 is 5.62. The fraction of sp³-hybridized carbons (Fsp3) is 0.500. The molecule has 8 nitrogen and oxygen atoms in total. The van der Waals surface area contributed by atoms with E-state index in [4.69, 9.17) is 4.74 Å². The zero-order valence-corrected chi connectivity index (χ0v) is 18.1. The summed E-state index contributed by atoms with van der Waals surface area (Å²) in [6.45, 7) is 2.75. The molecule has 0 spiro atoms. The number of benzene rings is 1. The number of nitrogens with zero attached hydrogens (tertiary/aromatic N) is 4. The highest BCUT2D eigenvalue weighted by atomic mass is 16.5. The summed E-state index contributed by atoms with van der Waals surface area (Å²) in [6, 6.07) is 14.4. The predicted octanol–water partition coefficient (Wildman–Crippen LogP) is 2.03. The van der Waals surface area contributed by atoms with Crippen LogP contribution in [0.4, 0.5) is 4.79 Å². The molecule has 3 aliphatic heterocycles. The number of urea groups is 1. The third kappa shape index (κ3) is 4.32. The predicted molar refractivity (Wildman–Crippen MR) is 118 cm³/mol. The Labute approximate surface area is 187 Å². The van der Waals surface area contributed by atoms with Crippen molar-refractivity contribution in [2.24, 2.45) is 5.92 Å². The number of carbonyl (C=O) groups is 2. The average Bonchev–Trinajstić information content (AvgIpc) is 2.85. The van der Waals surface area contributed by atoms with E-state index in [0.717, 1.165) is 38.0 Å². The van der Waals surface area contributed by atoms with Crippen molar-refractivity contribution in [1.29, 1.82) is 0 Å². The normalized spacial score (nSPS) is 25.1. The van der Waals surface area contributed by atoms with Gasteiger partial charge in [0.15, 0.2) is 0 Å². The number of ether oxygens (including phenoxy) is 1. The largest absolute Gasteiger partial charge is 0.366 e. The van der Waals surface area contributed by atoms with E-state index < -0.39 is 0 Å². The van der Waals surface area contributed by atoms with E-state index in [1.807, 2.05) is 28.0 Å². The van der Waals surface area contributed by atoms with E-state index in [9.17, 15) is 9.59 Å². The van der Waals surface area contributed by atoms with Crippen molar-refractivity contribution in [2.45, 2.75) is 37.3 Å². The number of fused-ring (bicyclic) bond motifs is 1. The van der Waals surface area contributed by atoms with E-state index in [1.165, 1.54) is 5.56 Å². The number of nitrogens with one attached hydrogen (secondary N) is 1. The fourth-order valence-electron chi connectivity index (χ4n) is 5.32. The number of amides is 3. The highest BCUT2D eigenvalue weighted by Gasteiger charge is 2.38. The number of rotatable bonds is 3. The van der Waals surface area contributed by atoms with Crippen LogP contribution in [0.3, 0.4) is 0 Å². The Morgan fingerprint density at radius 3 is 2.56 bits per heavy atom. The SMILES string of the molecule is O=C1CO[C@H]2CCN(C(=O)N3CCC(C(c4ccccc4)c4cccnn4)CC3)C[C@H]2N1. The number of piperidine rings is 2. The molecule has 0 bridgehead atoms.